The van der Waals surface area contributed by atoms with Gasteiger partial charge in [0, 0.05) is 6.42 Å². The van der Waals surface area contributed by atoms with Crippen molar-refractivity contribution in [3.8, 4) is 0 Å². The lowest BCUT2D eigenvalue weighted by atomic mass is 10.1. The standard InChI is InChI=1S/C19H17N3O3S2/c23-17(21-22-19(25)16-9-5-11-27-16)14(12-13-6-2-1-3-7-13)20-18(24)15-8-4-10-26-15/h1-11,14H,12H2,(H,20,24)(H,21,23)(H,22,25). The summed E-state index contributed by atoms with van der Waals surface area (Å²) in [6, 6.07) is 15.4. The van der Waals surface area contributed by atoms with Crippen LogP contribution in [0.3, 0.4) is 0 Å². The summed E-state index contributed by atoms with van der Waals surface area (Å²) in [6.07, 6.45) is 0.304. The van der Waals surface area contributed by atoms with Crippen LogP contribution in [0.25, 0.3) is 0 Å². The molecule has 3 N–H and O–H groups in total. The summed E-state index contributed by atoms with van der Waals surface area (Å²) in [4.78, 5) is 38.0. The lowest BCUT2D eigenvalue weighted by Crippen LogP contribution is -2.53. The van der Waals surface area contributed by atoms with E-state index in [0.717, 1.165) is 5.56 Å². The fraction of sp³-hybridized carbons (Fsp3) is 0.105. The SMILES string of the molecule is O=C(NNC(=O)C(Cc1ccccc1)NC(=O)c1cccs1)c1cccs1. The second-order valence-electron chi connectivity index (χ2n) is 5.61. The van der Waals surface area contributed by atoms with Gasteiger partial charge in [0.2, 0.25) is 0 Å². The minimum atomic E-state index is -0.828. The molecular formula is C19H17N3O3S2. The zero-order valence-corrected chi connectivity index (χ0v) is 15.8. The quantitative estimate of drug-likeness (QED) is 0.557. The molecule has 1 atom stereocenters. The van der Waals surface area contributed by atoms with Gasteiger partial charge in [0.25, 0.3) is 17.7 Å². The Morgan fingerprint density at radius 3 is 2.00 bits per heavy atom. The first-order valence-corrected chi connectivity index (χ1v) is 9.91. The second kappa shape index (κ2) is 9.11. The number of nitrogens with one attached hydrogen (secondary N) is 3. The van der Waals surface area contributed by atoms with Crippen LogP contribution >= 0.6 is 22.7 Å². The zero-order chi connectivity index (χ0) is 19.1. The Labute approximate surface area is 164 Å². The minimum absolute atomic E-state index is 0.304. The summed E-state index contributed by atoms with van der Waals surface area (Å²) in [7, 11) is 0. The molecule has 3 aromatic rings. The topological polar surface area (TPSA) is 87.3 Å². The van der Waals surface area contributed by atoms with Gasteiger partial charge in [0.1, 0.15) is 6.04 Å². The molecule has 0 bridgehead atoms. The fourth-order valence-electron chi connectivity index (χ4n) is 2.37. The van der Waals surface area contributed by atoms with Gasteiger partial charge < -0.3 is 5.32 Å². The maximum Gasteiger partial charge on any atom is 0.279 e. The lowest BCUT2D eigenvalue weighted by molar-refractivity contribution is -0.123. The van der Waals surface area contributed by atoms with Crippen LogP contribution in [-0.4, -0.2) is 23.8 Å². The molecule has 0 fully saturated rings. The van der Waals surface area contributed by atoms with Crippen molar-refractivity contribution in [1.29, 1.82) is 0 Å². The van der Waals surface area contributed by atoms with Gasteiger partial charge in [0.15, 0.2) is 0 Å². The summed E-state index contributed by atoms with van der Waals surface area (Å²) >= 11 is 2.57. The van der Waals surface area contributed by atoms with Crippen LogP contribution in [0.4, 0.5) is 0 Å². The van der Waals surface area contributed by atoms with E-state index in [-0.39, 0.29) is 5.91 Å². The van der Waals surface area contributed by atoms with E-state index in [1.807, 2.05) is 30.3 Å². The number of hydrogen-bond acceptors (Lipinski definition) is 5. The highest BCUT2D eigenvalue weighted by Crippen LogP contribution is 2.10. The van der Waals surface area contributed by atoms with Crippen molar-refractivity contribution in [2.45, 2.75) is 12.5 Å². The van der Waals surface area contributed by atoms with Crippen molar-refractivity contribution in [2.75, 3.05) is 0 Å². The number of carbonyl (C=O) groups excluding carboxylic acids is 3. The zero-order valence-electron chi connectivity index (χ0n) is 14.2. The first-order chi connectivity index (χ1) is 13.1. The van der Waals surface area contributed by atoms with Crippen molar-refractivity contribution in [3.63, 3.8) is 0 Å². The molecule has 0 saturated heterocycles. The Morgan fingerprint density at radius 2 is 1.41 bits per heavy atom. The molecule has 138 valence electrons. The van der Waals surface area contributed by atoms with E-state index in [0.29, 0.717) is 16.2 Å². The Bertz CT molecular complexity index is 894. The number of carbonyl (C=O) groups is 3. The first kappa shape index (κ1) is 18.8. The number of hydrogen-bond donors (Lipinski definition) is 3. The van der Waals surface area contributed by atoms with Crippen LogP contribution in [0.2, 0.25) is 0 Å². The van der Waals surface area contributed by atoms with Crippen molar-refractivity contribution < 1.29 is 14.4 Å². The van der Waals surface area contributed by atoms with Gasteiger partial charge in [-0.25, -0.2) is 0 Å². The van der Waals surface area contributed by atoms with E-state index in [1.54, 1.807) is 35.0 Å². The van der Waals surface area contributed by atoms with Crippen molar-refractivity contribution in [2.24, 2.45) is 0 Å². The fourth-order valence-corrected chi connectivity index (χ4v) is 3.62. The molecule has 2 heterocycles. The summed E-state index contributed by atoms with van der Waals surface area (Å²) in [5.41, 5.74) is 5.68. The molecule has 1 unspecified atom stereocenters. The van der Waals surface area contributed by atoms with Crippen molar-refractivity contribution in [1.82, 2.24) is 16.2 Å². The Balaban J connectivity index is 1.67. The normalized spacial score (nSPS) is 11.4. The van der Waals surface area contributed by atoms with E-state index in [1.165, 1.54) is 22.7 Å². The number of thiophene rings is 2. The van der Waals surface area contributed by atoms with Gasteiger partial charge in [-0.05, 0) is 28.5 Å². The highest BCUT2D eigenvalue weighted by atomic mass is 32.1. The number of amides is 3. The molecule has 0 aliphatic heterocycles. The van der Waals surface area contributed by atoms with E-state index in [4.69, 9.17) is 0 Å². The van der Waals surface area contributed by atoms with Gasteiger partial charge in [-0.2, -0.15) is 0 Å². The average Bonchev–Trinajstić information content (AvgIpc) is 3.40. The minimum Gasteiger partial charge on any atom is -0.339 e. The van der Waals surface area contributed by atoms with Crippen LogP contribution in [0.5, 0.6) is 0 Å². The smallest absolute Gasteiger partial charge is 0.279 e. The summed E-state index contributed by atoms with van der Waals surface area (Å²) in [5, 5.41) is 6.31. The molecule has 0 aliphatic rings. The first-order valence-electron chi connectivity index (χ1n) is 8.15. The van der Waals surface area contributed by atoms with Gasteiger partial charge in [-0.3, -0.25) is 25.2 Å². The van der Waals surface area contributed by atoms with Gasteiger partial charge in [-0.15, -0.1) is 22.7 Å². The van der Waals surface area contributed by atoms with E-state index in [2.05, 4.69) is 16.2 Å². The van der Waals surface area contributed by atoms with Crippen LogP contribution in [0.15, 0.2) is 65.4 Å². The molecule has 1 aromatic carbocycles. The molecule has 0 saturated carbocycles. The molecule has 6 nitrogen and oxygen atoms in total. The van der Waals surface area contributed by atoms with E-state index < -0.39 is 17.9 Å². The maximum atomic E-state index is 12.6. The largest absolute Gasteiger partial charge is 0.339 e. The van der Waals surface area contributed by atoms with E-state index >= 15 is 0 Å². The second-order valence-corrected chi connectivity index (χ2v) is 7.51. The third-order valence-electron chi connectivity index (χ3n) is 3.69. The summed E-state index contributed by atoms with van der Waals surface area (Å²) in [5.74, 6) is -1.22. The molecule has 0 spiro atoms. The Hall–Kier alpha value is -2.97. The van der Waals surface area contributed by atoms with Crippen LogP contribution in [-0.2, 0) is 11.2 Å². The molecule has 3 amide bonds. The molecule has 0 radical (unpaired) electrons. The average molecular weight is 399 g/mol. The molecule has 0 aliphatic carbocycles. The summed E-state index contributed by atoms with van der Waals surface area (Å²) in [6.45, 7) is 0. The predicted octanol–water partition coefficient (Wildman–Crippen LogP) is 2.61. The van der Waals surface area contributed by atoms with Gasteiger partial charge in [-0.1, -0.05) is 42.5 Å². The summed E-state index contributed by atoms with van der Waals surface area (Å²) < 4.78 is 0. The maximum absolute atomic E-state index is 12.6. The molecular weight excluding hydrogens is 382 g/mol. The predicted molar refractivity (Wildman–Crippen MR) is 106 cm³/mol. The molecule has 3 rings (SSSR count). The van der Waals surface area contributed by atoms with Crippen molar-refractivity contribution in [3.05, 3.63) is 80.7 Å². The molecule has 2 aromatic heterocycles. The number of rotatable bonds is 6. The van der Waals surface area contributed by atoms with E-state index in [9.17, 15) is 14.4 Å². The Kier molecular flexibility index (Phi) is 6.35. The molecule has 8 heteroatoms. The Morgan fingerprint density at radius 1 is 0.778 bits per heavy atom. The highest BCUT2D eigenvalue weighted by molar-refractivity contribution is 7.12. The third-order valence-corrected chi connectivity index (χ3v) is 5.43. The van der Waals surface area contributed by atoms with Crippen molar-refractivity contribution >= 4 is 40.4 Å². The van der Waals surface area contributed by atoms with Gasteiger partial charge >= 0.3 is 0 Å². The monoisotopic (exact) mass is 399 g/mol. The van der Waals surface area contributed by atoms with Crippen LogP contribution in [0.1, 0.15) is 24.9 Å². The lowest BCUT2D eigenvalue weighted by Gasteiger charge is -2.18. The number of benzene rings is 1. The molecule has 27 heavy (non-hydrogen) atoms. The third kappa shape index (κ3) is 5.25. The van der Waals surface area contributed by atoms with Crippen LogP contribution in [0, 0.1) is 0 Å². The highest BCUT2D eigenvalue weighted by Gasteiger charge is 2.23. The number of hydrazine groups is 1. The van der Waals surface area contributed by atoms with Gasteiger partial charge in [0.05, 0.1) is 9.75 Å². The van der Waals surface area contributed by atoms with Crippen LogP contribution < -0.4 is 16.2 Å².